The SMILES string of the molecule is CCCCC/C=C\C/C=C\CCCCCCCCCCCC(=O)OC(COC(=O)CCCCCCCCC/C=C\CCCCCCCCC)COC(OCC[N+](C)(C)C)C(=O)O. The zero-order valence-corrected chi connectivity index (χ0v) is 41.0. The Hall–Kier alpha value is -2.49. The molecule has 0 saturated heterocycles. The van der Waals surface area contributed by atoms with E-state index in [1.807, 2.05) is 21.1 Å². The minimum atomic E-state index is -1.51. The monoisotopic (exact) mass is 877 g/mol. The van der Waals surface area contributed by atoms with Crippen LogP contribution in [0.1, 0.15) is 226 Å². The maximum atomic E-state index is 12.8. The quantitative estimate of drug-likeness (QED) is 0.0212. The molecule has 0 amide bonds. The highest BCUT2D eigenvalue weighted by Gasteiger charge is 2.25. The Morgan fingerprint density at radius 2 is 0.871 bits per heavy atom. The summed E-state index contributed by atoms with van der Waals surface area (Å²) < 4.78 is 22.8. The van der Waals surface area contributed by atoms with E-state index in [1.165, 1.54) is 141 Å². The van der Waals surface area contributed by atoms with Crippen LogP contribution in [0, 0.1) is 0 Å². The second kappa shape index (κ2) is 45.1. The van der Waals surface area contributed by atoms with Crippen LogP contribution in [-0.2, 0) is 33.3 Å². The summed E-state index contributed by atoms with van der Waals surface area (Å²) in [7, 11) is 5.96. The third-order valence-corrected chi connectivity index (χ3v) is 11.1. The van der Waals surface area contributed by atoms with Crippen LogP contribution < -0.4 is 0 Å². The van der Waals surface area contributed by atoms with Crippen molar-refractivity contribution in [1.82, 2.24) is 0 Å². The van der Waals surface area contributed by atoms with Crippen LogP contribution >= 0.6 is 0 Å². The summed E-state index contributed by atoms with van der Waals surface area (Å²) in [6, 6.07) is 0. The highest BCUT2D eigenvalue weighted by molar-refractivity contribution is 5.71. The number of quaternary nitrogens is 1. The Balaban J connectivity index is 4.35. The molecule has 9 heteroatoms. The van der Waals surface area contributed by atoms with E-state index in [-0.39, 0.29) is 32.2 Å². The van der Waals surface area contributed by atoms with Crippen molar-refractivity contribution in [1.29, 1.82) is 0 Å². The van der Waals surface area contributed by atoms with E-state index in [4.69, 9.17) is 18.9 Å². The van der Waals surface area contributed by atoms with Crippen molar-refractivity contribution in [3.63, 3.8) is 0 Å². The van der Waals surface area contributed by atoms with Crippen LogP contribution in [0.15, 0.2) is 36.5 Å². The van der Waals surface area contributed by atoms with Gasteiger partial charge in [0.05, 0.1) is 34.4 Å². The van der Waals surface area contributed by atoms with Crippen molar-refractivity contribution >= 4 is 17.9 Å². The van der Waals surface area contributed by atoms with Crippen LogP contribution in [0.4, 0.5) is 0 Å². The van der Waals surface area contributed by atoms with Gasteiger partial charge in [0, 0.05) is 12.8 Å². The first-order valence-electron chi connectivity index (χ1n) is 25.7. The topological polar surface area (TPSA) is 108 Å². The van der Waals surface area contributed by atoms with Gasteiger partial charge in [0.2, 0.25) is 0 Å². The van der Waals surface area contributed by atoms with Gasteiger partial charge in [-0.15, -0.1) is 0 Å². The number of likely N-dealkylation sites (N-methyl/N-ethyl adjacent to an activating group) is 1. The Bertz CT molecular complexity index is 1110. The molecule has 0 fully saturated rings. The fourth-order valence-electron chi connectivity index (χ4n) is 7.10. The lowest BCUT2D eigenvalue weighted by Gasteiger charge is -2.25. The number of carbonyl (C=O) groups excluding carboxylic acids is 2. The van der Waals surface area contributed by atoms with E-state index >= 15 is 0 Å². The molecule has 362 valence electrons. The minimum absolute atomic E-state index is 0.184. The molecule has 0 aliphatic heterocycles. The smallest absolute Gasteiger partial charge is 0.361 e. The zero-order valence-electron chi connectivity index (χ0n) is 41.0. The van der Waals surface area contributed by atoms with E-state index < -0.39 is 24.3 Å². The fourth-order valence-corrected chi connectivity index (χ4v) is 7.10. The van der Waals surface area contributed by atoms with Crippen molar-refractivity contribution in [3.05, 3.63) is 36.5 Å². The summed E-state index contributed by atoms with van der Waals surface area (Å²) in [4.78, 5) is 37.3. The number of aliphatic carboxylic acids is 1. The number of unbranched alkanes of at least 4 members (excludes halogenated alkanes) is 26. The standard InChI is InChI=1S/C53H97NO8/c1-6-8-10-12-14-16-18-20-22-24-26-28-30-32-34-36-38-40-42-44-51(56)62-49(48-61-53(52(57)58)59-46-45-54(3,4)5)47-60-50(55)43-41-39-37-35-33-31-29-27-25-23-21-19-17-15-13-11-9-7-2/h14,16,20,22-23,25,49,53H,6-13,15,17-19,21,24,26-48H2,1-5H3/p+1/b16-14-,22-20-,25-23-. The van der Waals surface area contributed by atoms with Gasteiger partial charge in [-0.1, -0.05) is 179 Å². The largest absolute Gasteiger partial charge is 0.477 e. The summed E-state index contributed by atoms with van der Waals surface area (Å²) >= 11 is 0. The van der Waals surface area contributed by atoms with Gasteiger partial charge in [0.1, 0.15) is 13.2 Å². The van der Waals surface area contributed by atoms with Crippen molar-refractivity contribution in [2.45, 2.75) is 238 Å². The van der Waals surface area contributed by atoms with E-state index in [0.29, 0.717) is 17.4 Å². The molecular formula is C53H98NO8+. The van der Waals surface area contributed by atoms with E-state index in [0.717, 1.165) is 57.8 Å². The molecule has 0 aromatic heterocycles. The maximum absolute atomic E-state index is 12.8. The molecule has 0 aromatic carbocycles. The summed E-state index contributed by atoms with van der Waals surface area (Å²) in [5.41, 5.74) is 0. The molecule has 2 unspecified atom stereocenters. The Labute approximate surface area is 381 Å². The molecule has 2 atom stereocenters. The van der Waals surface area contributed by atoms with E-state index in [2.05, 4.69) is 50.3 Å². The Morgan fingerprint density at radius 3 is 1.32 bits per heavy atom. The normalized spacial score (nSPS) is 13.1. The van der Waals surface area contributed by atoms with Gasteiger partial charge in [0.25, 0.3) is 6.29 Å². The Morgan fingerprint density at radius 1 is 0.484 bits per heavy atom. The van der Waals surface area contributed by atoms with E-state index in [1.54, 1.807) is 0 Å². The number of hydrogen-bond donors (Lipinski definition) is 1. The first-order valence-corrected chi connectivity index (χ1v) is 25.7. The highest BCUT2D eigenvalue weighted by atomic mass is 16.7. The number of rotatable bonds is 47. The van der Waals surface area contributed by atoms with Crippen molar-refractivity contribution in [2.75, 3.05) is 47.5 Å². The summed E-state index contributed by atoms with van der Waals surface area (Å²) in [5.74, 6) is -2.01. The highest BCUT2D eigenvalue weighted by Crippen LogP contribution is 2.15. The Kier molecular flexibility index (Phi) is 43.3. The molecule has 0 aliphatic carbocycles. The van der Waals surface area contributed by atoms with Crippen LogP contribution in [0.25, 0.3) is 0 Å². The molecule has 0 radical (unpaired) electrons. The number of allylic oxidation sites excluding steroid dienone is 6. The summed E-state index contributed by atoms with van der Waals surface area (Å²) in [6.45, 7) is 4.85. The van der Waals surface area contributed by atoms with Gasteiger partial charge in [-0.3, -0.25) is 9.59 Å². The molecule has 62 heavy (non-hydrogen) atoms. The molecule has 9 nitrogen and oxygen atoms in total. The molecule has 0 aliphatic rings. The number of carbonyl (C=O) groups is 3. The number of hydrogen-bond acceptors (Lipinski definition) is 7. The molecule has 1 N–H and O–H groups in total. The average molecular weight is 877 g/mol. The van der Waals surface area contributed by atoms with Crippen LogP contribution in [0.3, 0.4) is 0 Å². The summed E-state index contributed by atoms with van der Waals surface area (Å²) in [6.07, 6.45) is 49.1. The predicted octanol–water partition coefficient (Wildman–Crippen LogP) is 14.2. The molecule has 0 bridgehead atoms. The fraction of sp³-hybridized carbons (Fsp3) is 0.830. The van der Waals surface area contributed by atoms with Crippen LogP contribution in [-0.4, -0.2) is 87.4 Å². The third-order valence-electron chi connectivity index (χ3n) is 11.1. The first-order chi connectivity index (χ1) is 30.1. The molecule has 0 aromatic rings. The van der Waals surface area contributed by atoms with Gasteiger partial charge in [-0.25, -0.2) is 4.79 Å². The van der Waals surface area contributed by atoms with Crippen molar-refractivity contribution in [3.8, 4) is 0 Å². The van der Waals surface area contributed by atoms with Gasteiger partial charge >= 0.3 is 17.9 Å². The van der Waals surface area contributed by atoms with E-state index in [9.17, 15) is 19.5 Å². The lowest BCUT2D eigenvalue weighted by molar-refractivity contribution is -0.870. The lowest BCUT2D eigenvalue weighted by atomic mass is 10.1. The van der Waals surface area contributed by atoms with Gasteiger partial charge in [-0.2, -0.15) is 0 Å². The van der Waals surface area contributed by atoms with Crippen LogP contribution in [0.2, 0.25) is 0 Å². The number of ether oxygens (including phenoxy) is 4. The second-order valence-corrected chi connectivity index (χ2v) is 18.5. The second-order valence-electron chi connectivity index (χ2n) is 18.5. The van der Waals surface area contributed by atoms with Gasteiger partial charge in [0.15, 0.2) is 6.10 Å². The minimum Gasteiger partial charge on any atom is -0.477 e. The van der Waals surface area contributed by atoms with Gasteiger partial charge in [-0.05, 0) is 70.6 Å². The van der Waals surface area contributed by atoms with Crippen molar-refractivity contribution < 1.29 is 42.9 Å². The lowest BCUT2D eigenvalue weighted by Crippen LogP contribution is -2.40. The van der Waals surface area contributed by atoms with Crippen molar-refractivity contribution in [2.24, 2.45) is 0 Å². The molecule has 0 rings (SSSR count). The number of carboxylic acids is 1. The summed E-state index contributed by atoms with van der Waals surface area (Å²) in [5, 5.41) is 9.67. The molecular weight excluding hydrogens is 779 g/mol. The predicted molar refractivity (Wildman–Crippen MR) is 258 cm³/mol. The zero-order chi connectivity index (χ0) is 45.6. The van der Waals surface area contributed by atoms with Gasteiger partial charge < -0.3 is 28.5 Å². The maximum Gasteiger partial charge on any atom is 0.361 e. The molecule has 0 saturated carbocycles. The third kappa shape index (κ3) is 45.5. The number of nitrogens with zero attached hydrogens (tertiary/aromatic N) is 1. The first kappa shape index (κ1) is 59.5. The number of esters is 2. The molecule has 0 heterocycles. The number of carboxylic acid groups (broad SMARTS) is 1. The average Bonchev–Trinajstić information content (AvgIpc) is 3.23. The van der Waals surface area contributed by atoms with Crippen LogP contribution in [0.5, 0.6) is 0 Å². The molecule has 0 spiro atoms.